The number of hydrogen-bond acceptors (Lipinski definition) is 8. The minimum absolute atomic E-state index is 0.0220. The van der Waals surface area contributed by atoms with E-state index in [4.69, 9.17) is 13.7 Å². The van der Waals surface area contributed by atoms with Crippen molar-refractivity contribution in [3.63, 3.8) is 0 Å². The Morgan fingerprint density at radius 3 is 2.47 bits per heavy atom. The molecule has 0 spiro atoms. The number of hydrogen-bond donors (Lipinski definition) is 2. The van der Waals surface area contributed by atoms with Gasteiger partial charge in [0.05, 0.1) is 4.90 Å². The topological polar surface area (TPSA) is 128 Å². The molecule has 2 N–H and O–H groups in total. The molecule has 3 atom stereocenters. The number of rotatable bonds is 7. The molecule has 0 saturated carbocycles. The van der Waals surface area contributed by atoms with Crippen molar-refractivity contribution in [1.82, 2.24) is 5.32 Å². The molecule has 10 heteroatoms. The van der Waals surface area contributed by atoms with Crippen LogP contribution in [-0.2, 0) is 35.2 Å². The maximum absolute atomic E-state index is 12.2. The van der Waals surface area contributed by atoms with Crippen LogP contribution in [0.15, 0.2) is 59.5 Å². The quantitative estimate of drug-likeness (QED) is 0.492. The fourth-order valence-corrected chi connectivity index (χ4v) is 3.66. The smallest absolute Gasteiger partial charge is 0.408 e. The van der Waals surface area contributed by atoms with Gasteiger partial charge in [0.1, 0.15) is 19.3 Å². The van der Waals surface area contributed by atoms with Crippen molar-refractivity contribution in [2.75, 3.05) is 6.61 Å². The van der Waals surface area contributed by atoms with Gasteiger partial charge in [0.2, 0.25) is 0 Å². The van der Waals surface area contributed by atoms with Crippen molar-refractivity contribution in [2.24, 2.45) is 0 Å². The van der Waals surface area contributed by atoms with Gasteiger partial charge in [-0.25, -0.2) is 9.59 Å². The van der Waals surface area contributed by atoms with Crippen LogP contribution in [0.2, 0.25) is 0 Å². The van der Waals surface area contributed by atoms with Crippen LogP contribution in [0.1, 0.15) is 11.1 Å². The van der Waals surface area contributed by atoms with Gasteiger partial charge < -0.3 is 19.9 Å². The van der Waals surface area contributed by atoms with Crippen LogP contribution >= 0.6 is 0 Å². The summed E-state index contributed by atoms with van der Waals surface area (Å²) in [6.45, 7) is 1.19. The van der Waals surface area contributed by atoms with Crippen molar-refractivity contribution in [3.8, 4) is 0 Å². The van der Waals surface area contributed by atoms with Crippen molar-refractivity contribution in [3.05, 3.63) is 65.7 Å². The molecule has 0 bridgehead atoms. The number of cyclic esters (lactones) is 1. The zero-order valence-corrected chi connectivity index (χ0v) is 16.9. The lowest BCUT2D eigenvalue weighted by atomic mass is 10.1. The van der Waals surface area contributed by atoms with Gasteiger partial charge in [0, 0.05) is 0 Å². The number of carbonyl (C=O) groups is 2. The lowest BCUT2D eigenvalue weighted by Gasteiger charge is -2.16. The second kappa shape index (κ2) is 9.24. The number of ether oxygens (including phenoxy) is 2. The molecule has 2 aromatic rings. The van der Waals surface area contributed by atoms with Crippen molar-refractivity contribution in [1.29, 1.82) is 0 Å². The van der Waals surface area contributed by atoms with E-state index in [-0.39, 0.29) is 11.5 Å². The molecule has 2 aromatic carbocycles. The summed E-state index contributed by atoms with van der Waals surface area (Å²) in [7, 11) is -4.10. The lowest BCUT2D eigenvalue weighted by Crippen LogP contribution is -2.47. The van der Waals surface area contributed by atoms with E-state index in [1.54, 1.807) is 36.4 Å². The van der Waals surface area contributed by atoms with Gasteiger partial charge in [0.25, 0.3) is 10.1 Å². The van der Waals surface area contributed by atoms with E-state index < -0.39 is 47.0 Å². The molecule has 0 unspecified atom stereocenters. The number of carbonyl (C=O) groups excluding carboxylic acids is 2. The van der Waals surface area contributed by atoms with Crippen molar-refractivity contribution in [2.45, 2.75) is 36.7 Å². The van der Waals surface area contributed by atoms with Crippen molar-refractivity contribution >= 4 is 22.2 Å². The fraction of sp³-hybridized carbons (Fsp3) is 0.300. The number of nitrogens with one attached hydrogen (secondary N) is 1. The standard InChI is InChI=1S/C20H21NO8S/c1-13-7-9-15(10-8-13)30(25,26)28-12-16-18(22)17(19(23)29-16)21-20(24)27-11-14-5-3-2-4-6-14/h2-10,16-18,22H,11-12H2,1H3,(H,21,24)/t16-,17+,18+/m1/s1. The highest BCUT2D eigenvalue weighted by atomic mass is 32.2. The predicted octanol–water partition coefficient (Wildman–Crippen LogP) is 1.28. The van der Waals surface area contributed by atoms with E-state index in [9.17, 15) is 23.1 Å². The summed E-state index contributed by atoms with van der Waals surface area (Å²) in [6, 6.07) is 13.5. The van der Waals surface area contributed by atoms with Crippen LogP contribution in [0.5, 0.6) is 0 Å². The zero-order chi connectivity index (χ0) is 21.7. The molecule has 0 aromatic heterocycles. The minimum Gasteiger partial charge on any atom is -0.455 e. The van der Waals surface area contributed by atoms with E-state index in [0.29, 0.717) is 0 Å². The summed E-state index contributed by atoms with van der Waals surface area (Å²) >= 11 is 0. The predicted molar refractivity (Wildman–Crippen MR) is 104 cm³/mol. The first kappa shape index (κ1) is 21.8. The molecule has 0 aliphatic carbocycles. The third-order valence-corrected chi connectivity index (χ3v) is 5.72. The summed E-state index contributed by atoms with van der Waals surface area (Å²) in [5.74, 6) is -0.916. The fourth-order valence-electron chi connectivity index (χ4n) is 2.74. The van der Waals surface area contributed by atoms with E-state index >= 15 is 0 Å². The number of aliphatic hydroxyl groups is 1. The average molecular weight is 435 g/mol. The average Bonchev–Trinajstić information content (AvgIpc) is 2.99. The van der Waals surface area contributed by atoms with Gasteiger partial charge in [-0.2, -0.15) is 8.42 Å². The number of aliphatic hydroxyl groups excluding tert-OH is 1. The number of benzene rings is 2. The van der Waals surface area contributed by atoms with Crippen molar-refractivity contribution < 1.29 is 36.8 Å². The molecule has 1 aliphatic rings. The summed E-state index contributed by atoms with van der Waals surface area (Å²) in [5.41, 5.74) is 1.62. The van der Waals surface area contributed by atoms with Gasteiger partial charge in [-0.15, -0.1) is 0 Å². The Morgan fingerprint density at radius 1 is 1.13 bits per heavy atom. The molecule has 160 valence electrons. The van der Waals surface area contributed by atoms with Crippen LogP contribution in [0, 0.1) is 6.92 Å². The molecule has 1 heterocycles. The number of alkyl carbamates (subject to hydrolysis) is 1. The first-order valence-corrected chi connectivity index (χ1v) is 10.5. The molecule has 1 fully saturated rings. The van der Waals surface area contributed by atoms with Crippen LogP contribution in [-0.4, -0.2) is 50.4 Å². The summed E-state index contributed by atoms with van der Waals surface area (Å²) < 4.78 is 39.3. The molecule has 1 saturated heterocycles. The number of esters is 1. The lowest BCUT2D eigenvalue weighted by molar-refractivity contribution is -0.144. The van der Waals surface area contributed by atoms with E-state index in [0.717, 1.165) is 11.1 Å². The third-order valence-electron chi connectivity index (χ3n) is 4.43. The zero-order valence-electron chi connectivity index (χ0n) is 16.1. The van der Waals surface area contributed by atoms with E-state index in [2.05, 4.69) is 5.32 Å². The van der Waals surface area contributed by atoms with Gasteiger partial charge in [0.15, 0.2) is 12.1 Å². The molecule has 3 rings (SSSR count). The summed E-state index contributed by atoms with van der Waals surface area (Å²) in [5, 5.41) is 12.5. The molecular weight excluding hydrogens is 414 g/mol. The van der Waals surface area contributed by atoms with Crippen LogP contribution in [0.4, 0.5) is 4.79 Å². The Morgan fingerprint density at radius 2 is 1.80 bits per heavy atom. The minimum atomic E-state index is -4.10. The summed E-state index contributed by atoms with van der Waals surface area (Å²) in [6.07, 6.45) is -3.69. The first-order chi connectivity index (χ1) is 14.3. The second-order valence-electron chi connectivity index (χ2n) is 6.70. The second-order valence-corrected chi connectivity index (χ2v) is 8.32. The molecule has 0 radical (unpaired) electrons. The third kappa shape index (κ3) is 5.35. The number of amides is 1. The molecular formula is C20H21NO8S. The highest BCUT2D eigenvalue weighted by molar-refractivity contribution is 7.86. The normalized spacial score (nSPS) is 21.1. The van der Waals surface area contributed by atoms with Crippen LogP contribution < -0.4 is 5.32 Å². The molecule has 30 heavy (non-hydrogen) atoms. The molecule has 9 nitrogen and oxygen atoms in total. The Balaban J connectivity index is 1.53. The Kier molecular flexibility index (Phi) is 6.70. The van der Waals surface area contributed by atoms with Gasteiger partial charge in [-0.3, -0.25) is 4.18 Å². The largest absolute Gasteiger partial charge is 0.455 e. The molecule has 1 amide bonds. The summed E-state index contributed by atoms with van der Waals surface area (Å²) in [4.78, 5) is 23.8. The highest BCUT2D eigenvalue weighted by Crippen LogP contribution is 2.20. The Bertz CT molecular complexity index is 991. The van der Waals surface area contributed by atoms with Gasteiger partial charge in [-0.1, -0.05) is 48.0 Å². The Labute approximate surface area is 173 Å². The van der Waals surface area contributed by atoms with E-state index in [1.807, 2.05) is 13.0 Å². The van der Waals surface area contributed by atoms with Crippen LogP contribution in [0.25, 0.3) is 0 Å². The SMILES string of the molecule is Cc1ccc(S(=O)(=O)OC[C@H]2OC(=O)[C@@H](NC(=O)OCc3ccccc3)[C@H]2O)cc1. The first-order valence-electron chi connectivity index (χ1n) is 9.08. The maximum Gasteiger partial charge on any atom is 0.408 e. The molecule has 1 aliphatic heterocycles. The number of aryl methyl sites for hydroxylation is 1. The monoisotopic (exact) mass is 435 g/mol. The maximum atomic E-state index is 12.2. The van der Waals surface area contributed by atoms with Gasteiger partial charge >= 0.3 is 12.1 Å². The highest BCUT2D eigenvalue weighted by Gasteiger charge is 2.45. The van der Waals surface area contributed by atoms with Gasteiger partial charge in [-0.05, 0) is 24.6 Å². The van der Waals surface area contributed by atoms with Crippen LogP contribution in [0.3, 0.4) is 0 Å². The Hall–Kier alpha value is -2.95. The van der Waals surface area contributed by atoms with E-state index in [1.165, 1.54) is 12.1 Å².